The molecule has 0 fully saturated rings. The molecule has 0 aliphatic carbocycles. The summed E-state index contributed by atoms with van der Waals surface area (Å²) < 4.78 is 1.87. The molecule has 0 amide bonds. The second-order valence-corrected chi connectivity index (χ2v) is 3.00. The molecular weight excluding hydrogens is 188 g/mol. The summed E-state index contributed by atoms with van der Waals surface area (Å²) in [7, 11) is 1.91. The third-order valence-electron chi connectivity index (χ3n) is 1.62. The summed E-state index contributed by atoms with van der Waals surface area (Å²) in [6, 6.07) is 0. The molecule has 0 aliphatic rings. The molecule has 13 heavy (non-hydrogen) atoms. The first kappa shape index (κ1) is 8.19. The minimum atomic E-state index is 0.250. The van der Waals surface area contributed by atoms with Gasteiger partial charge >= 0.3 is 0 Å². The molecule has 2 rings (SSSR count). The van der Waals surface area contributed by atoms with Crippen molar-refractivity contribution in [2.75, 3.05) is 0 Å². The van der Waals surface area contributed by atoms with Crippen LogP contribution >= 0.6 is 11.6 Å². The van der Waals surface area contributed by atoms with Crippen molar-refractivity contribution < 1.29 is 0 Å². The molecule has 4 nitrogen and oxygen atoms in total. The van der Waals surface area contributed by atoms with Crippen molar-refractivity contribution >= 4 is 11.6 Å². The molecule has 0 unspecified atom stereocenters. The zero-order valence-electron chi connectivity index (χ0n) is 6.98. The van der Waals surface area contributed by atoms with E-state index in [9.17, 15) is 0 Å². The number of halogens is 1. The predicted octanol–water partition coefficient (Wildman–Crippen LogP) is 1.53. The Morgan fingerprint density at radius 1 is 1.23 bits per heavy atom. The molecule has 2 aromatic heterocycles. The van der Waals surface area contributed by atoms with E-state index in [1.165, 1.54) is 0 Å². The van der Waals surface area contributed by atoms with Gasteiger partial charge < -0.3 is 4.57 Å². The molecule has 0 spiro atoms. The quantitative estimate of drug-likeness (QED) is 0.647. The van der Waals surface area contributed by atoms with Crippen molar-refractivity contribution in [2.45, 2.75) is 0 Å². The number of hydrogen-bond acceptors (Lipinski definition) is 3. The van der Waals surface area contributed by atoms with Gasteiger partial charge in [-0.2, -0.15) is 0 Å². The van der Waals surface area contributed by atoms with Gasteiger partial charge in [-0.1, -0.05) is 0 Å². The maximum atomic E-state index is 5.56. The lowest BCUT2D eigenvalue weighted by atomic mass is 10.3. The summed E-state index contributed by atoms with van der Waals surface area (Å²) in [5.74, 6) is 0. The molecule has 0 atom stereocenters. The molecule has 0 bridgehead atoms. The first-order valence-electron chi connectivity index (χ1n) is 3.71. The van der Waals surface area contributed by atoms with Crippen molar-refractivity contribution in [2.24, 2.45) is 7.05 Å². The van der Waals surface area contributed by atoms with Gasteiger partial charge in [0.1, 0.15) is 0 Å². The van der Waals surface area contributed by atoms with Gasteiger partial charge in [-0.15, -0.1) is 0 Å². The number of nitrogens with zero attached hydrogens (tertiary/aromatic N) is 4. The Morgan fingerprint density at radius 3 is 2.46 bits per heavy atom. The summed E-state index contributed by atoms with van der Waals surface area (Å²) in [6.07, 6.45) is 6.92. The van der Waals surface area contributed by atoms with Crippen LogP contribution in [0.15, 0.2) is 24.9 Å². The third-order valence-corrected chi connectivity index (χ3v) is 1.82. The summed E-state index contributed by atoms with van der Waals surface area (Å²) in [5.41, 5.74) is 1.71. The SMILES string of the molecule is Cn1cnc(-c2cnc(Cl)nc2)c1. The van der Waals surface area contributed by atoms with Crippen LogP contribution in [0.2, 0.25) is 5.28 Å². The zero-order chi connectivity index (χ0) is 9.26. The molecule has 2 aromatic rings. The van der Waals surface area contributed by atoms with Gasteiger partial charge in [0.25, 0.3) is 0 Å². The van der Waals surface area contributed by atoms with Gasteiger partial charge in [0.15, 0.2) is 0 Å². The smallest absolute Gasteiger partial charge is 0.222 e. The lowest BCUT2D eigenvalue weighted by Crippen LogP contribution is -1.84. The van der Waals surface area contributed by atoms with Gasteiger partial charge in [0, 0.05) is 31.2 Å². The minimum Gasteiger partial charge on any atom is -0.340 e. The van der Waals surface area contributed by atoms with Crippen LogP contribution in [0.25, 0.3) is 11.3 Å². The highest BCUT2D eigenvalue weighted by Crippen LogP contribution is 2.14. The van der Waals surface area contributed by atoms with Crippen LogP contribution in [-0.4, -0.2) is 19.5 Å². The van der Waals surface area contributed by atoms with E-state index in [4.69, 9.17) is 11.6 Å². The molecule has 0 aliphatic heterocycles. The number of hydrogen-bond donors (Lipinski definition) is 0. The van der Waals surface area contributed by atoms with E-state index in [1.54, 1.807) is 18.7 Å². The molecule has 0 aromatic carbocycles. The van der Waals surface area contributed by atoms with E-state index in [-0.39, 0.29) is 5.28 Å². The van der Waals surface area contributed by atoms with Crippen molar-refractivity contribution in [3.05, 3.63) is 30.2 Å². The zero-order valence-corrected chi connectivity index (χ0v) is 7.73. The highest BCUT2D eigenvalue weighted by molar-refractivity contribution is 6.28. The first-order chi connectivity index (χ1) is 6.25. The number of aryl methyl sites for hydroxylation is 1. The normalized spacial score (nSPS) is 10.3. The van der Waals surface area contributed by atoms with Crippen LogP contribution in [0.5, 0.6) is 0 Å². The Labute approximate surface area is 80.2 Å². The molecule has 0 N–H and O–H groups in total. The Balaban J connectivity index is 2.41. The van der Waals surface area contributed by atoms with Crippen molar-refractivity contribution in [3.8, 4) is 11.3 Å². The van der Waals surface area contributed by atoms with Crippen molar-refractivity contribution in [3.63, 3.8) is 0 Å². The Kier molecular flexibility index (Phi) is 1.98. The Hall–Kier alpha value is -1.42. The Bertz CT molecular complexity index is 406. The molecule has 0 saturated heterocycles. The first-order valence-corrected chi connectivity index (χ1v) is 4.09. The van der Waals surface area contributed by atoms with Crippen LogP contribution in [-0.2, 0) is 7.05 Å². The lowest BCUT2D eigenvalue weighted by Gasteiger charge is -1.93. The molecule has 0 radical (unpaired) electrons. The van der Waals surface area contributed by atoms with E-state index < -0.39 is 0 Å². The fourth-order valence-corrected chi connectivity index (χ4v) is 1.10. The standard InChI is InChI=1S/C8H7ClN4/c1-13-4-7(12-5-13)6-2-10-8(9)11-3-6/h2-5H,1H3. The predicted molar refractivity (Wildman–Crippen MR) is 49.2 cm³/mol. The van der Waals surface area contributed by atoms with Crippen LogP contribution in [0.1, 0.15) is 0 Å². The average Bonchev–Trinajstić information content (AvgIpc) is 2.53. The highest BCUT2D eigenvalue weighted by atomic mass is 35.5. The molecule has 2 heterocycles. The highest BCUT2D eigenvalue weighted by Gasteiger charge is 2.01. The topological polar surface area (TPSA) is 43.6 Å². The van der Waals surface area contributed by atoms with Crippen LogP contribution < -0.4 is 0 Å². The fraction of sp³-hybridized carbons (Fsp3) is 0.125. The van der Waals surface area contributed by atoms with Crippen LogP contribution in [0, 0.1) is 0 Å². The maximum Gasteiger partial charge on any atom is 0.222 e. The second-order valence-electron chi connectivity index (χ2n) is 2.67. The maximum absolute atomic E-state index is 5.56. The van der Waals surface area contributed by atoms with Crippen LogP contribution in [0.4, 0.5) is 0 Å². The van der Waals surface area contributed by atoms with E-state index >= 15 is 0 Å². The van der Waals surface area contributed by atoms with Crippen molar-refractivity contribution in [1.29, 1.82) is 0 Å². The number of rotatable bonds is 1. The van der Waals surface area contributed by atoms with Crippen molar-refractivity contribution in [1.82, 2.24) is 19.5 Å². The van der Waals surface area contributed by atoms with Gasteiger partial charge in [-0.25, -0.2) is 15.0 Å². The Morgan fingerprint density at radius 2 is 1.92 bits per heavy atom. The molecule has 0 saturated carbocycles. The van der Waals surface area contributed by atoms with E-state index in [0.29, 0.717) is 0 Å². The van der Waals surface area contributed by atoms with Gasteiger partial charge in [-0.05, 0) is 11.6 Å². The summed E-state index contributed by atoms with van der Waals surface area (Å²) >= 11 is 5.56. The van der Waals surface area contributed by atoms with Gasteiger partial charge in [0.2, 0.25) is 5.28 Å². The van der Waals surface area contributed by atoms with Gasteiger partial charge in [-0.3, -0.25) is 0 Å². The summed E-state index contributed by atoms with van der Waals surface area (Å²) in [4.78, 5) is 11.9. The minimum absolute atomic E-state index is 0.250. The van der Waals surface area contributed by atoms with Crippen LogP contribution in [0.3, 0.4) is 0 Å². The molecule has 66 valence electrons. The van der Waals surface area contributed by atoms with E-state index in [2.05, 4.69) is 15.0 Å². The third kappa shape index (κ3) is 1.67. The van der Waals surface area contributed by atoms with E-state index in [0.717, 1.165) is 11.3 Å². The van der Waals surface area contributed by atoms with Gasteiger partial charge in [0.05, 0.1) is 12.0 Å². The lowest BCUT2D eigenvalue weighted by molar-refractivity contribution is 0.913. The second kappa shape index (κ2) is 3.14. The fourth-order valence-electron chi connectivity index (χ4n) is 1.01. The summed E-state index contributed by atoms with van der Waals surface area (Å²) in [5, 5.41) is 0.250. The summed E-state index contributed by atoms with van der Waals surface area (Å²) in [6.45, 7) is 0. The average molecular weight is 195 g/mol. The molecular formula is C8H7ClN4. The number of imidazole rings is 1. The monoisotopic (exact) mass is 194 g/mol. The van der Waals surface area contributed by atoms with E-state index in [1.807, 2.05) is 17.8 Å². The largest absolute Gasteiger partial charge is 0.340 e. The number of aromatic nitrogens is 4. The molecule has 5 heteroatoms.